The van der Waals surface area contributed by atoms with E-state index in [4.69, 9.17) is 29.6 Å². The fourth-order valence-corrected chi connectivity index (χ4v) is 2.52. The van der Waals surface area contributed by atoms with Crippen LogP contribution in [0.5, 0.6) is 0 Å². The van der Waals surface area contributed by atoms with Crippen molar-refractivity contribution in [3.63, 3.8) is 0 Å². The molecular formula is C13H9ClN4S. The molecule has 0 unspecified atom stereocenters. The van der Waals surface area contributed by atoms with Gasteiger partial charge in [-0.25, -0.2) is 4.68 Å². The van der Waals surface area contributed by atoms with Gasteiger partial charge in [-0.1, -0.05) is 47.2 Å². The number of nitrogens with two attached hydrogens (primary N) is 1. The minimum Gasteiger partial charge on any atom is -0.389 e. The number of halogens is 1. The first kappa shape index (κ1) is 12.1. The van der Waals surface area contributed by atoms with Gasteiger partial charge >= 0.3 is 0 Å². The molecule has 94 valence electrons. The van der Waals surface area contributed by atoms with Gasteiger partial charge < -0.3 is 5.73 Å². The maximum absolute atomic E-state index is 6.16. The Bertz CT molecular complexity index is 781. The first-order valence-corrected chi connectivity index (χ1v) is 6.36. The van der Waals surface area contributed by atoms with Crippen LogP contribution in [0.15, 0.2) is 42.5 Å². The second kappa shape index (κ2) is 4.60. The predicted octanol–water partition coefficient (Wildman–Crippen LogP) is 2.71. The van der Waals surface area contributed by atoms with Crippen molar-refractivity contribution in [1.29, 1.82) is 0 Å². The number of hydrogen-bond donors (Lipinski definition) is 1. The van der Waals surface area contributed by atoms with Gasteiger partial charge in [-0.3, -0.25) is 0 Å². The van der Waals surface area contributed by atoms with Crippen LogP contribution in [0, 0.1) is 0 Å². The molecule has 0 fully saturated rings. The fraction of sp³-hybridized carbons (Fsp3) is 0. The van der Waals surface area contributed by atoms with Crippen LogP contribution in [0.4, 0.5) is 0 Å². The Labute approximate surface area is 119 Å². The lowest BCUT2D eigenvalue weighted by Crippen LogP contribution is -2.14. The van der Waals surface area contributed by atoms with E-state index < -0.39 is 0 Å². The van der Waals surface area contributed by atoms with E-state index >= 15 is 0 Å². The summed E-state index contributed by atoms with van der Waals surface area (Å²) in [6.45, 7) is 0. The maximum atomic E-state index is 6.16. The third-order valence-electron chi connectivity index (χ3n) is 2.82. The summed E-state index contributed by atoms with van der Waals surface area (Å²) < 4.78 is 1.69. The highest BCUT2D eigenvalue weighted by molar-refractivity contribution is 7.80. The Kier molecular flexibility index (Phi) is 2.93. The third kappa shape index (κ3) is 1.97. The summed E-state index contributed by atoms with van der Waals surface area (Å²) in [5.41, 5.74) is 8.77. The molecule has 0 aliphatic carbocycles. The van der Waals surface area contributed by atoms with Crippen molar-refractivity contribution < 1.29 is 0 Å². The van der Waals surface area contributed by atoms with Gasteiger partial charge in [0.2, 0.25) is 0 Å². The average molecular weight is 289 g/mol. The van der Waals surface area contributed by atoms with Crippen molar-refractivity contribution in [3.05, 3.63) is 53.1 Å². The second-order valence-electron chi connectivity index (χ2n) is 3.99. The van der Waals surface area contributed by atoms with Gasteiger partial charge in [-0.05, 0) is 24.3 Å². The third-order valence-corrected chi connectivity index (χ3v) is 3.34. The first-order valence-electron chi connectivity index (χ1n) is 5.57. The molecule has 3 aromatic rings. The summed E-state index contributed by atoms with van der Waals surface area (Å²) in [6, 6.07) is 13.1. The van der Waals surface area contributed by atoms with Crippen LogP contribution in [0.1, 0.15) is 5.56 Å². The minimum absolute atomic E-state index is 0.236. The van der Waals surface area contributed by atoms with Crippen LogP contribution in [-0.2, 0) is 0 Å². The lowest BCUT2D eigenvalue weighted by atomic mass is 10.1. The molecular weight excluding hydrogens is 280 g/mol. The first-order chi connectivity index (χ1) is 9.18. The molecule has 0 bridgehead atoms. The molecule has 4 nitrogen and oxygen atoms in total. The van der Waals surface area contributed by atoms with Gasteiger partial charge in [0, 0.05) is 0 Å². The molecule has 0 aliphatic heterocycles. The zero-order valence-electron chi connectivity index (χ0n) is 9.75. The Morgan fingerprint density at radius 2 is 1.95 bits per heavy atom. The van der Waals surface area contributed by atoms with Gasteiger partial charge in [0.25, 0.3) is 0 Å². The van der Waals surface area contributed by atoms with E-state index in [0.717, 1.165) is 16.7 Å². The largest absolute Gasteiger partial charge is 0.389 e. The average Bonchev–Trinajstić information content (AvgIpc) is 2.81. The van der Waals surface area contributed by atoms with Crippen molar-refractivity contribution in [1.82, 2.24) is 15.0 Å². The SMILES string of the molecule is NC(=S)c1c(Cl)cccc1-n1nnc2ccccc21. The molecule has 0 amide bonds. The summed E-state index contributed by atoms with van der Waals surface area (Å²) in [6.07, 6.45) is 0. The predicted molar refractivity (Wildman–Crippen MR) is 79.8 cm³/mol. The molecule has 0 aliphatic rings. The van der Waals surface area contributed by atoms with Gasteiger partial charge in [-0.2, -0.15) is 0 Å². The summed E-state index contributed by atoms with van der Waals surface area (Å²) >= 11 is 11.2. The van der Waals surface area contributed by atoms with E-state index in [9.17, 15) is 0 Å². The number of rotatable bonds is 2. The molecule has 1 heterocycles. The van der Waals surface area contributed by atoms with Gasteiger partial charge in [0.15, 0.2) is 0 Å². The molecule has 0 atom stereocenters. The van der Waals surface area contributed by atoms with Crippen molar-refractivity contribution in [2.45, 2.75) is 0 Å². The van der Waals surface area contributed by atoms with Gasteiger partial charge in [0.1, 0.15) is 10.5 Å². The van der Waals surface area contributed by atoms with E-state index in [1.807, 2.05) is 36.4 Å². The minimum atomic E-state index is 0.236. The smallest absolute Gasteiger partial charge is 0.113 e. The van der Waals surface area contributed by atoms with Crippen molar-refractivity contribution >= 4 is 39.8 Å². The number of hydrogen-bond acceptors (Lipinski definition) is 3. The monoisotopic (exact) mass is 288 g/mol. The summed E-state index contributed by atoms with van der Waals surface area (Å²) in [4.78, 5) is 0.236. The lowest BCUT2D eigenvalue weighted by Gasteiger charge is -2.10. The van der Waals surface area contributed by atoms with E-state index in [-0.39, 0.29) is 4.99 Å². The summed E-state index contributed by atoms with van der Waals surface area (Å²) in [7, 11) is 0. The Balaban J connectivity index is 2.33. The van der Waals surface area contributed by atoms with Crippen LogP contribution in [-0.4, -0.2) is 20.0 Å². The van der Waals surface area contributed by atoms with Crippen LogP contribution < -0.4 is 5.73 Å². The lowest BCUT2D eigenvalue weighted by molar-refractivity contribution is 0.823. The Hall–Kier alpha value is -1.98. The number of para-hydroxylation sites is 1. The Morgan fingerprint density at radius 3 is 2.74 bits per heavy atom. The molecule has 0 saturated carbocycles. The van der Waals surface area contributed by atoms with Crippen LogP contribution >= 0.6 is 23.8 Å². The number of nitrogens with zero attached hydrogens (tertiary/aromatic N) is 3. The van der Waals surface area contributed by atoms with Crippen LogP contribution in [0.25, 0.3) is 16.7 Å². The molecule has 3 rings (SSSR count). The van der Waals surface area contributed by atoms with Crippen LogP contribution in [0.3, 0.4) is 0 Å². The van der Waals surface area contributed by atoms with E-state index in [1.165, 1.54) is 0 Å². The Morgan fingerprint density at radius 1 is 1.16 bits per heavy atom. The highest BCUT2D eigenvalue weighted by Gasteiger charge is 2.14. The molecule has 19 heavy (non-hydrogen) atoms. The van der Waals surface area contributed by atoms with Crippen molar-refractivity contribution in [3.8, 4) is 5.69 Å². The zero-order chi connectivity index (χ0) is 13.4. The fourth-order valence-electron chi connectivity index (χ4n) is 1.98. The molecule has 2 N–H and O–H groups in total. The molecule has 1 aromatic heterocycles. The van der Waals surface area contributed by atoms with E-state index in [1.54, 1.807) is 10.7 Å². The molecule has 0 radical (unpaired) electrons. The summed E-state index contributed by atoms with van der Waals surface area (Å²) in [5.74, 6) is 0. The highest BCUT2D eigenvalue weighted by atomic mass is 35.5. The van der Waals surface area contributed by atoms with E-state index in [0.29, 0.717) is 10.6 Å². The van der Waals surface area contributed by atoms with Crippen molar-refractivity contribution in [2.75, 3.05) is 0 Å². The molecule has 0 spiro atoms. The van der Waals surface area contributed by atoms with E-state index in [2.05, 4.69) is 10.3 Å². The normalized spacial score (nSPS) is 10.8. The molecule has 0 saturated heterocycles. The number of benzene rings is 2. The maximum Gasteiger partial charge on any atom is 0.113 e. The topological polar surface area (TPSA) is 56.7 Å². The second-order valence-corrected chi connectivity index (χ2v) is 4.84. The summed E-state index contributed by atoms with van der Waals surface area (Å²) in [5, 5.41) is 8.76. The van der Waals surface area contributed by atoms with Crippen molar-refractivity contribution in [2.24, 2.45) is 5.73 Å². The van der Waals surface area contributed by atoms with Gasteiger partial charge in [0.05, 0.1) is 21.8 Å². The standard InChI is InChI=1S/C13H9ClN4S/c14-8-4-3-7-11(12(8)13(15)19)18-10-6-2-1-5-9(10)16-17-18/h1-7H,(H2,15,19). The molecule has 6 heteroatoms. The molecule has 2 aromatic carbocycles. The number of fused-ring (bicyclic) bond motifs is 1. The van der Waals surface area contributed by atoms with Crippen LogP contribution in [0.2, 0.25) is 5.02 Å². The number of aromatic nitrogens is 3. The number of thiocarbonyl (C=S) groups is 1. The zero-order valence-corrected chi connectivity index (χ0v) is 11.3. The quantitative estimate of drug-likeness (QED) is 0.737. The van der Waals surface area contributed by atoms with Gasteiger partial charge in [-0.15, -0.1) is 5.10 Å². The highest BCUT2D eigenvalue weighted by Crippen LogP contribution is 2.25.